The lowest BCUT2D eigenvalue weighted by atomic mass is 10.2. The van der Waals surface area contributed by atoms with Crippen molar-refractivity contribution in [2.45, 2.75) is 26.4 Å². The van der Waals surface area contributed by atoms with Gasteiger partial charge in [-0.15, -0.1) is 0 Å². The molecule has 0 radical (unpaired) electrons. The lowest BCUT2D eigenvalue weighted by molar-refractivity contribution is 0.553. The van der Waals surface area contributed by atoms with Gasteiger partial charge in [-0.25, -0.2) is 9.18 Å². The highest BCUT2D eigenvalue weighted by Gasteiger charge is 2.10. The molecule has 2 rings (SSSR count). The maximum Gasteiger partial charge on any atom is 0.331 e. The molecular weight excluding hydrogens is 261 g/mol. The molecule has 0 aliphatic rings. The first-order valence-corrected chi connectivity index (χ1v) is 6.37. The number of halogens is 1. The fraction of sp³-hybridized carbons (Fsp3) is 0.286. The van der Waals surface area contributed by atoms with Gasteiger partial charge in [-0.2, -0.15) is 0 Å². The normalized spacial score (nSPS) is 10.7. The second kappa shape index (κ2) is 5.73. The first-order chi connectivity index (χ1) is 9.54. The predicted molar refractivity (Wildman–Crippen MR) is 75.2 cm³/mol. The van der Waals surface area contributed by atoms with E-state index in [1.54, 1.807) is 6.07 Å². The largest absolute Gasteiger partial charge is 0.396 e. The highest BCUT2D eigenvalue weighted by Crippen LogP contribution is 2.14. The molecule has 1 heterocycles. The zero-order chi connectivity index (χ0) is 14.7. The Morgan fingerprint density at radius 1 is 1.25 bits per heavy atom. The Morgan fingerprint density at radius 2 is 2.00 bits per heavy atom. The van der Waals surface area contributed by atoms with Gasteiger partial charge in [-0.05, 0) is 12.5 Å². The molecule has 0 fully saturated rings. The molecule has 2 aromatic rings. The minimum Gasteiger partial charge on any atom is -0.396 e. The summed E-state index contributed by atoms with van der Waals surface area (Å²) in [6.07, 6.45) is 2.23. The maximum absolute atomic E-state index is 13.9. The van der Waals surface area contributed by atoms with Gasteiger partial charge in [-0.1, -0.05) is 19.1 Å². The van der Waals surface area contributed by atoms with Crippen molar-refractivity contribution in [1.29, 1.82) is 0 Å². The van der Waals surface area contributed by atoms with Gasteiger partial charge in [0.05, 0.1) is 12.2 Å². The van der Waals surface area contributed by atoms with Crippen LogP contribution in [0.4, 0.5) is 10.1 Å². The number of aryl methyl sites for hydroxylation is 1. The summed E-state index contributed by atoms with van der Waals surface area (Å²) in [5.41, 5.74) is 4.81. The summed E-state index contributed by atoms with van der Waals surface area (Å²) in [6.45, 7) is 2.32. The van der Waals surface area contributed by atoms with Crippen LogP contribution in [0.15, 0.2) is 40.1 Å². The van der Waals surface area contributed by atoms with Crippen LogP contribution in [0.25, 0.3) is 0 Å². The van der Waals surface area contributed by atoms with Crippen LogP contribution in [0.5, 0.6) is 0 Å². The van der Waals surface area contributed by atoms with E-state index in [0.717, 1.165) is 11.0 Å². The van der Waals surface area contributed by atoms with E-state index >= 15 is 0 Å². The van der Waals surface area contributed by atoms with Crippen molar-refractivity contribution in [3.8, 4) is 0 Å². The third kappa shape index (κ3) is 2.64. The molecule has 0 unspecified atom stereocenters. The van der Waals surface area contributed by atoms with Crippen LogP contribution in [0.3, 0.4) is 0 Å². The lowest BCUT2D eigenvalue weighted by Gasteiger charge is -2.10. The number of rotatable bonds is 4. The van der Waals surface area contributed by atoms with E-state index < -0.39 is 17.1 Å². The number of aromatic nitrogens is 2. The summed E-state index contributed by atoms with van der Waals surface area (Å²) in [4.78, 5) is 23.9. The number of anilines is 1. The van der Waals surface area contributed by atoms with Gasteiger partial charge >= 0.3 is 5.69 Å². The van der Waals surface area contributed by atoms with Crippen LogP contribution in [0, 0.1) is 5.82 Å². The molecule has 20 heavy (non-hydrogen) atoms. The average Bonchev–Trinajstić information content (AvgIpc) is 2.42. The molecular formula is C14H16FN3O2. The third-order valence-corrected chi connectivity index (χ3v) is 3.04. The summed E-state index contributed by atoms with van der Waals surface area (Å²) in [5.74, 6) is -0.593. The van der Waals surface area contributed by atoms with Gasteiger partial charge in [-0.3, -0.25) is 9.36 Å². The molecule has 6 heteroatoms. The van der Waals surface area contributed by atoms with Crippen LogP contribution in [0.2, 0.25) is 0 Å². The molecule has 0 bridgehead atoms. The Morgan fingerprint density at radius 3 is 2.70 bits per heavy atom. The molecule has 0 amide bonds. The van der Waals surface area contributed by atoms with Crippen molar-refractivity contribution in [3.63, 3.8) is 0 Å². The van der Waals surface area contributed by atoms with Crippen LogP contribution in [0.1, 0.15) is 18.9 Å². The van der Waals surface area contributed by atoms with E-state index in [4.69, 9.17) is 5.73 Å². The number of hydrogen-bond acceptors (Lipinski definition) is 3. The van der Waals surface area contributed by atoms with Crippen LogP contribution in [-0.4, -0.2) is 9.13 Å². The Balaban J connectivity index is 2.48. The second-order valence-corrected chi connectivity index (χ2v) is 4.54. The average molecular weight is 277 g/mol. The number of nitrogens with two attached hydrogens (primary N) is 1. The maximum atomic E-state index is 13.9. The van der Waals surface area contributed by atoms with Crippen molar-refractivity contribution in [3.05, 3.63) is 62.7 Å². The number of nitrogen functional groups attached to an aromatic ring is 1. The first-order valence-electron chi connectivity index (χ1n) is 6.37. The number of benzene rings is 1. The predicted octanol–water partition coefficient (Wildman–Crippen LogP) is 1.19. The van der Waals surface area contributed by atoms with E-state index in [1.807, 2.05) is 6.92 Å². The highest BCUT2D eigenvalue weighted by atomic mass is 19.1. The van der Waals surface area contributed by atoms with Crippen molar-refractivity contribution in [2.75, 3.05) is 5.73 Å². The van der Waals surface area contributed by atoms with Gasteiger partial charge in [0, 0.05) is 24.4 Å². The second-order valence-electron chi connectivity index (χ2n) is 4.54. The fourth-order valence-electron chi connectivity index (χ4n) is 2.01. The molecule has 0 spiro atoms. The molecule has 1 aromatic carbocycles. The summed E-state index contributed by atoms with van der Waals surface area (Å²) >= 11 is 0. The van der Waals surface area contributed by atoms with Gasteiger partial charge in [0.2, 0.25) is 0 Å². The first kappa shape index (κ1) is 14.0. The zero-order valence-corrected chi connectivity index (χ0v) is 11.2. The molecule has 106 valence electrons. The van der Waals surface area contributed by atoms with Crippen molar-refractivity contribution >= 4 is 5.69 Å². The van der Waals surface area contributed by atoms with Crippen molar-refractivity contribution in [2.24, 2.45) is 0 Å². The molecule has 0 aliphatic heterocycles. The Kier molecular flexibility index (Phi) is 4.02. The highest BCUT2D eigenvalue weighted by molar-refractivity contribution is 5.42. The van der Waals surface area contributed by atoms with Crippen LogP contribution in [-0.2, 0) is 13.1 Å². The van der Waals surface area contributed by atoms with Crippen LogP contribution >= 0.6 is 0 Å². The molecule has 2 N–H and O–H groups in total. The Bertz CT molecular complexity index is 734. The number of nitrogens with zero attached hydrogens (tertiary/aromatic N) is 2. The topological polar surface area (TPSA) is 70.0 Å². The van der Waals surface area contributed by atoms with E-state index in [2.05, 4.69) is 0 Å². The van der Waals surface area contributed by atoms with E-state index in [-0.39, 0.29) is 17.8 Å². The monoisotopic (exact) mass is 277 g/mol. The fourth-order valence-corrected chi connectivity index (χ4v) is 2.01. The van der Waals surface area contributed by atoms with Crippen molar-refractivity contribution in [1.82, 2.24) is 9.13 Å². The molecule has 0 atom stereocenters. The molecule has 0 aliphatic carbocycles. The van der Waals surface area contributed by atoms with Crippen molar-refractivity contribution < 1.29 is 4.39 Å². The van der Waals surface area contributed by atoms with E-state index in [1.165, 1.54) is 29.0 Å². The van der Waals surface area contributed by atoms with E-state index in [9.17, 15) is 14.0 Å². The SMILES string of the molecule is CCCn1ccc(=O)n(Cc2cccc(N)c2F)c1=O. The molecule has 0 saturated carbocycles. The van der Waals surface area contributed by atoms with Gasteiger partial charge in [0.25, 0.3) is 5.56 Å². The smallest absolute Gasteiger partial charge is 0.331 e. The summed E-state index contributed by atoms with van der Waals surface area (Å²) in [7, 11) is 0. The van der Waals surface area contributed by atoms with Gasteiger partial charge < -0.3 is 10.3 Å². The number of hydrogen-bond donors (Lipinski definition) is 1. The minimum absolute atomic E-state index is 0.000337. The minimum atomic E-state index is -0.593. The van der Waals surface area contributed by atoms with Gasteiger partial charge in [0.15, 0.2) is 5.82 Å². The summed E-state index contributed by atoms with van der Waals surface area (Å²) in [5, 5.41) is 0. The molecule has 0 saturated heterocycles. The lowest BCUT2D eigenvalue weighted by Crippen LogP contribution is -2.39. The molecule has 5 nitrogen and oxygen atoms in total. The standard InChI is InChI=1S/C14H16FN3O2/c1-2-7-17-8-6-12(19)18(14(17)20)9-10-4-3-5-11(16)13(10)15/h3-6,8H,2,7,9,16H2,1H3. The van der Waals surface area contributed by atoms with Crippen LogP contribution < -0.4 is 17.0 Å². The third-order valence-electron chi connectivity index (χ3n) is 3.04. The van der Waals surface area contributed by atoms with E-state index in [0.29, 0.717) is 6.54 Å². The summed E-state index contributed by atoms with van der Waals surface area (Å²) in [6, 6.07) is 5.84. The summed E-state index contributed by atoms with van der Waals surface area (Å²) < 4.78 is 16.3. The zero-order valence-electron chi connectivity index (χ0n) is 11.2. The molecule has 1 aromatic heterocycles. The Hall–Kier alpha value is -2.37. The Labute approximate surface area is 115 Å². The van der Waals surface area contributed by atoms with Gasteiger partial charge in [0.1, 0.15) is 0 Å². The quantitative estimate of drug-likeness (QED) is 0.853.